The first-order chi connectivity index (χ1) is 10.4. The van der Waals surface area contributed by atoms with Crippen molar-refractivity contribution in [2.45, 2.75) is 13.0 Å². The zero-order valence-electron chi connectivity index (χ0n) is 12.5. The molecule has 1 aromatic heterocycles. The summed E-state index contributed by atoms with van der Waals surface area (Å²) < 4.78 is 19.6. The highest BCUT2D eigenvalue weighted by Gasteiger charge is 2.22. The van der Waals surface area contributed by atoms with Crippen LogP contribution in [0.4, 0.5) is 4.39 Å². The Labute approximate surface area is 127 Å². The Morgan fingerprint density at radius 1 is 1.27 bits per heavy atom. The van der Waals surface area contributed by atoms with Gasteiger partial charge in [0, 0.05) is 19.8 Å². The van der Waals surface area contributed by atoms with Crippen molar-refractivity contribution in [2.75, 3.05) is 14.1 Å². The first-order valence-corrected chi connectivity index (χ1v) is 6.60. The van der Waals surface area contributed by atoms with E-state index in [2.05, 4.69) is 4.98 Å². The van der Waals surface area contributed by atoms with Crippen LogP contribution >= 0.6 is 0 Å². The zero-order chi connectivity index (χ0) is 16.3. The minimum Gasteiger partial charge on any atom is -0.448 e. The molecule has 2 aromatic rings. The second-order valence-corrected chi connectivity index (χ2v) is 4.91. The fraction of sp³-hybridized carbons (Fsp3) is 0.267. The molecule has 7 heteroatoms. The minimum atomic E-state index is -0.904. The van der Waals surface area contributed by atoms with Crippen molar-refractivity contribution in [3.63, 3.8) is 0 Å². The second-order valence-electron chi connectivity index (χ2n) is 4.91. The molecular formula is C15H16FN3O3. The van der Waals surface area contributed by atoms with E-state index in [9.17, 15) is 14.0 Å². The first kappa shape index (κ1) is 15.7. The van der Waals surface area contributed by atoms with E-state index in [0.717, 1.165) is 0 Å². The number of esters is 1. The van der Waals surface area contributed by atoms with E-state index in [-0.39, 0.29) is 17.4 Å². The number of hydrogen-bond acceptors (Lipinski definition) is 4. The molecule has 1 amide bonds. The summed E-state index contributed by atoms with van der Waals surface area (Å²) in [5, 5.41) is 0. The van der Waals surface area contributed by atoms with Gasteiger partial charge < -0.3 is 9.64 Å². The molecule has 1 unspecified atom stereocenters. The van der Waals surface area contributed by atoms with E-state index in [1.54, 1.807) is 14.1 Å². The van der Waals surface area contributed by atoms with Crippen LogP contribution in [0.5, 0.6) is 0 Å². The van der Waals surface area contributed by atoms with Crippen molar-refractivity contribution in [3.8, 4) is 5.69 Å². The summed E-state index contributed by atoms with van der Waals surface area (Å²) in [5.74, 6) is -1.37. The van der Waals surface area contributed by atoms with Gasteiger partial charge in [0.15, 0.2) is 11.8 Å². The number of nitrogens with zero attached hydrogens (tertiary/aromatic N) is 3. The molecule has 1 aromatic carbocycles. The molecule has 0 fully saturated rings. The van der Waals surface area contributed by atoms with Gasteiger partial charge >= 0.3 is 5.97 Å². The van der Waals surface area contributed by atoms with Crippen LogP contribution in [0.2, 0.25) is 0 Å². The molecule has 0 N–H and O–H groups in total. The summed E-state index contributed by atoms with van der Waals surface area (Å²) in [6.45, 7) is 1.50. The summed E-state index contributed by atoms with van der Waals surface area (Å²) in [6, 6.07) is 5.59. The SMILES string of the molecule is CC(OC(=O)c1cncn1-c1ccc(F)cc1)C(=O)N(C)C. The standard InChI is InChI=1S/C15H16FN3O3/c1-10(14(20)18(2)3)22-15(21)13-8-17-9-19(13)12-6-4-11(16)5-7-12/h4-10H,1-3H3. The van der Waals surface area contributed by atoms with E-state index in [4.69, 9.17) is 4.74 Å². The third kappa shape index (κ3) is 3.30. The summed E-state index contributed by atoms with van der Waals surface area (Å²) in [6.07, 6.45) is 1.85. The number of imidazole rings is 1. The fourth-order valence-electron chi connectivity index (χ4n) is 1.89. The van der Waals surface area contributed by atoms with Gasteiger partial charge in [-0.05, 0) is 31.2 Å². The molecule has 0 aliphatic carbocycles. The number of carbonyl (C=O) groups excluding carboxylic acids is 2. The molecular weight excluding hydrogens is 289 g/mol. The van der Waals surface area contributed by atoms with Gasteiger partial charge in [0.1, 0.15) is 5.82 Å². The van der Waals surface area contributed by atoms with Crippen molar-refractivity contribution in [1.82, 2.24) is 14.5 Å². The van der Waals surface area contributed by atoms with Gasteiger partial charge in [0.2, 0.25) is 0 Å². The lowest BCUT2D eigenvalue weighted by Gasteiger charge is -2.17. The molecule has 0 saturated carbocycles. The number of carbonyl (C=O) groups is 2. The number of likely N-dealkylation sites (N-methyl/N-ethyl adjacent to an activating group) is 1. The molecule has 0 bridgehead atoms. The number of halogens is 1. The van der Waals surface area contributed by atoms with E-state index in [1.807, 2.05) is 0 Å². The number of ether oxygens (including phenoxy) is 1. The van der Waals surface area contributed by atoms with E-state index < -0.39 is 12.1 Å². The fourth-order valence-corrected chi connectivity index (χ4v) is 1.89. The highest BCUT2D eigenvalue weighted by Crippen LogP contribution is 2.14. The van der Waals surface area contributed by atoms with Gasteiger partial charge in [-0.1, -0.05) is 0 Å². The Balaban J connectivity index is 2.20. The maximum Gasteiger partial charge on any atom is 0.357 e. The Bertz CT molecular complexity index is 680. The number of hydrogen-bond donors (Lipinski definition) is 0. The minimum absolute atomic E-state index is 0.157. The average Bonchev–Trinajstić information content (AvgIpc) is 2.96. The lowest BCUT2D eigenvalue weighted by molar-refractivity contribution is -0.137. The third-order valence-corrected chi connectivity index (χ3v) is 3.02. The molecule has 0 spiro atoms. The average molecular weight is 305 g/mol. The van der Waals surface area contributed by atoms with Gasteiger partial charge in [0.05, 0.1) is 12.5 Å². The van der Waals surface area contributed by atoms with E-state index >= 15 is 0 Å². The zero-order valence-corrected chi connectivity index (χ0v) is 12.5. The number of amides is 1. The van der Waals surface area contributed by atoms with Crippen molar-refractivity contribution in [1.29, 1.82) is 0 Å². The largest absolute Gasteiger partial charge is 0.448 e. The number of aromatic nitrogens is 2. The number of rotatable bonds is 4. The van der Waals surface area contributed by atoms with Gasteiger partial charge in [0.25, 0.3) is 5.91 Å². The maximum absolute atomic E-state index is 13.0. The van der Waals surface area contributed by atoms with Crippen molar-refractivity contribution in [2.24, 2.45) is 0 Å². The van der Waals surface area contributed by atoms with Gasteiger partial charge in [-0.3, -0.25) is 9.36 Å². The molecule has 116 valence electrons. The van der Waals surface area contributed by atoms with Gasteiger partial charge in [-0.25, -0.2) is 14.2 Å². The van der Waals surface area contributed by atoms with Crippen LogP contribution in [0.3, 0.4) is 0 Å². The topological polar surface area (TPSA) is 64.4 Å². The lowest BCUT2D eigenvalue weighted by Crippen LogP contribution is -2.35. The predicted octanol–water partition coefficient (Wildman–Crippen LogP) is 1.64. The Hall–Kier alpha value is -2.70. The predicted molar refractivity (Wildman–Crippen MR) is 77.1 cm³/mol. The van der Waals surface area contributed by atoms with Crippen molar-refractivity contribution in [3.05, 3.63) is 48.3 Å². The van der Waals surface area contributed by atoms with Crippen LogP contribution in [0.1, 0.15) is 17.4 Å². The van der Waals surface area contributed by atoms with Crippen LogP contribution in [0.25, 0.3) is 5.69 Å². The molecule has 1 heterocycles. The van der Waals surface area contributed by atoms with Gasteiger partial charge in [-0.2, -0.15) is 0 Å². The maximum atomic E-state index is 13.0. The smallest absolute Gasteiger partial charge is 0.357 e. The van der Waals surface area contributed by atoms with Crippen molar-refractivity contribution < 1.29 is 18.7 Å². The quantitative estimate of drug-likeness (QED) is 0.806. The van der Waals surface area contributed by atoms with Crippen LogP contribution < -0.4 is 0 Å². The molecule has 1 atom stereocenters. The van der Waals surface area contributed by atoms with Crippen LogP contribution in [-0.4, -0.2) is 46.5 Å². The molecule has 2 rings (SSSR count). The van der Waals surface area contributed by atoms with Crippen LogP contribution in [0, 0.1) is 5.82 Å². The highest BCUT2D eigenvalue weighted by atomic mass is 19.1. The summed E-state index contributed by atoms with van der Waals surface area (Å²) in [4.78, 5) is 29.1. The number of benzene rings is 1. The molecule has 22 heavy (non-hydrogen) atoms. The Morgan fingerprint density at radius 2 is 1.91 bits per heavy atom. The Morgan fingerprint density at radius 3 is 2.50 bits per heavy atom. The Kier molecular flexibility index (Phi) is 4.55. The normalized spacial score (nSPS) is 11.8. The molecule has 6 nitrogen and oxygen atoms in total. The molecule has 0 aliphatic heterocycles. The first-order valence-electron chi connectivity index (χ1n) is 6.60. The molecule has 0 saturated heterocycles. The van der Waals surface area contributed by atoms with E-state index in [1.165, 1.54) is 53.2 Å². The summed E-state index contributed by atoms with van der Waals surface area (Å²) in [5.41, 5.74) is 0.724. The second kappa shape index (κ2) is 6.38. The van der Waals surface area contributed by atoms with E-state index in [0.29, 0.717) is 5.69 Å². The third-order valence-electron chi connectivity index (χ3n) is 3.02. The monoisotopic (exact) mass is 305 g/mol. The highest BCUT2D eigenvalue weighted by molar-refractivity contribution is 5.91. The van der Waals surface area contributed by atoms with Crippen molar-refractivity contribution >= 4 is 11.9 Å². The van der Waals surface area contributed by atoms with Crippen LogP contribution in [-0.2, 0) is 9.53 Å². The molecule has 0 aliphatic rings. The molecule has 0 radical (unpaired) electrons. The lowest BCUT2D eigenvalue weighted by atomic mass is 10.3. The van der Waals surface area contributed by atoms with Gasteiger partial charge in [-0.15, -0.1) is 0 Å². The summed E-state index contributed by atoms with van der Waals surface area (Å²) in [7, 11) is 3.16. The summed E-state index contributed by atoms with van der Waals surface area (Å²) >= 11 is 0. The van der Waals surface area contributed by atoms with Crippen LogP contribution in [0.15, 0.2) is 36.8 Å².